The monoisotopic (exact) mass is 535 g/mol. The Balaban J connectivity index is 1.21. The van der Waals surface area contributed by atoms with E-state index in [2.05, 4.69) is 15.4 Å². The van der Waals surface area contributed by atoms with Gasteiger partial charge in [-0.3, -0.25) is 14.5 Å². The number of anilines is 2. The van der Waals surface area contributed by atoms with Crippen LogP contribution in [0.5, 0.6) is 0 Å². The summed E-state index contributed by atoms with van der Waals surface area (Å²) in [5.41, 5.74) is 1.83. The van der Waals surface area contributed by atoms with Crippen molar-refractivity contribution in [2.24, 2.45) is 5.16 Å². The standard InChI is InChI=1S/C28H30FN5O5/c1-17(31-39)18-2-4-19(5-3-18)30-26(35)8-9-32-10-12-33(13-11-32)25-15-24-21(14-23(25)29)27(36)22(28(37)38)16-34(24)20-6-7-20/h2-5,14-16,20,39H,6-13H2,1H3,(H,30,35)(H,37,38)/b31-17+. The van der Waals surface area contributed by atoms with Crippen molar-refractivity contribution < 1.29 is 24.3 Å². The van der Waals surface area contributed by atoms with Gasteiger partial charge < -0.3 is 25.1 Å². The van der Waals surface area contributed by atoms with E-state index >= 15 is 4.39 Å². The van der Waals surface area contributed by atoms with Crippen LogP contribution in [0.4, 0.5) is 15.8 Å². The molecule has 3 N–H and O–H groups in total. The molecule has 2 aliphatic rings. The van der Waals surface area contributed by atoms with Crippen molar-refractivity contribution in [3.63, 3.8) is 0 Å². The van der Waals surface area contributed by atoms with E-state index < -0.39 is 17.2 Å². The number of carboxylic acid groups (broad SMARTS) is 1. The summed E-state index contributed by atoms with van der Waals surface area (Å²) >= 11 is 0. The third kappa shape index (κ3) is 5.63. The van der Waals surface area contributed by atoms with E-state index in [1.165, 1.54) is 12.3 Å². The van der Waals surface area contributed by atoms with E-state index in [1.807, 2.05) is 4.90 Å². The van der Waals surface area contributed by atoms with Gasteiger partial charge in [-0.15, -0.1) is 0 Å². The number of pyridine rings is 1. The van der Waals surface area contributed by atoms with Crippen molar-refractivity contribution in [1.29, 1.82) is 0 Å². The number of carboxylic acids is 1. The first-order valence-electron chi connectivity index (χ1n) is 12.9. The first kappa shape index (κ1) is 26.4. The number of piperazine rings is 1. The highest BCUT2D eigenvalue weighted by molar-refractivity contribution is 5.99. The summed E-state index contributed by atoms with van der Waals surface area (Å²) in [6.45, 7) is 4.65. The summed E-state index contributed by atoms with van der Waals surface area (Å²) in [4.78, 5) is 40.8. The van der Waals surface area contributed by atoms with Gasteiger partial charge in [0.1, 0.15) is 11.4 Å². The minimum Gasteiger partial charge on any atom is -0.477 e. The third-order valence-corrected chi connectivity index (χ3v) is 7.38. The van der Waals surface area contributed by atoms with Crippen LogP contribution in [-0.2, 0) is 4.79 Å². The molecule has 1 saturated carbocycles. The molecule has 0 radical (unpaired) electrons. The van der Waals surface area contributed by atoms with Crippen molar-refractivity contribution in [3.8, 4) is 0 Å². The highest BCUT2D eigenvalue weighted by atomic mass is 19.1. The summed E-state index contributed by atoms with van der Waals surface area (Å²) in [6.07, 6.45) is 3.47. The highest BCUT2D eigenvalue weighted by Gasteiger charge is 2.28. The summed E-state index contributed by atoms with van der Waals surface area (Å²) in [7, 11) is 0. The van der Waals surface area contributed by atoms with Gasteiger partial charge in [0.25, 0.3) is 0 Å². The van der Waals surface area contributed by atoms with Crippen LogP contribution in [0, 0.1) is 5.82 Å². The van der Waals surface area contributed by atoms with Crippen LogP contribution in [0.2, 0.25) is 0 Å². The van der Waals surface area contributed by atoms with E-state index in [-0.39, 0.29) is 22.9 Å². The number of amides is 1. The van der Waals surface area contributed by atoms with Crippen molar-refractivity contribution in [1.82, 2.24) is 9.47 Å². The molecule has 204 valence electrons. The van der Waals surface area contributed by atoms with Crippen LogP contribution in [0.3, 0.4) is 0 Å². The molecule has 1 aromatic heterocycles. The number of benzene rings is 2. The Labute approximate surface area is 223 Å². The normalized spacial score (nSPS) is 16.5. The molecule has 1 aliphatic heterocycles. The predicted octanol–water partition coefficient (Wildman–Crippen LogP) is 3.52. The Bertz CT molecular complexity index is 1510. The van der Waals surface area contributed by atoms with Crippen LogP contribution in [0.25, 0.3) is 10.9 Å². The van der Waals surface area contributed by atoms with E-state index in [9.17, 15) is 19.5 Å². The summed E-state index contributed by atoms with van der Waals surface area (Å²) < 4.78 is 17.0. The number of aromatic carboxylic acids is 1. The van der Waals surface area contributed by atoms with Gasteiger partial charge in [0.15, 0.2) is 0 Å². The van der Waals surface area contributed by atoms with Gasteiger partial charge in [0.2, 0.25) is 11.3 Å². The molecule has 0 spiro atoms. The second-order valence-electron chi connectivity index (χ2n) is 10.0. The molecule has 2 aromatic carbocycles. The molecular formula is C28H30FN5O5. The molecule has 3 aromatic rings. The largest absolute Gasteiger partial charge is 0.477 e. The van der Waals surface area contributed by atoms with Crippen molar-refractivity contribution in [2.75, 3.05) is 42.9 Å². The number of hydrogen-bond donors (Lipinski definition) is 3. The lowest BCUT2D eigenvalue weighted by atomic mass is 10.1. The van der Waals surface area contributed by atoms with E-state index in [0.29, 0.717) is 61.7 Å². The van der Waals surface area contributed by atoms with Crippen LogP contribution in [0.15, 0.2) is 52.5 Å². The maximum Gasteiger partial charge on any atom is 0.341 e. The number of fused-ring (bicyclic) bond motifs is 1. The first-order valence-corrected chi connectivity index (χ1v) is 12.9. The van der Waals surface area contributed by atoms with Gasteiger partial charge >= 0.3 is 5.97 Å². The van der Waals surface area contributed by atoms with Gasteiger partial charge in [-0.05, 0) is 49.6 Å². The average Bonchev–Trinajstić information content (AvgIpc) is 3.78. The molecule has 0 unspecified atom stereocenters. The predicted molar refractivity (Wildman–Crippen MR) is 146 cm³/mol. The number of hydrogen-bond acceptors (Lipinski definition) is 7. The zero-order valence-electron chi connectivity index (χ0n) is 21.6. The Morgan fingerprint density at radius 2 is 1.79 bits per heavy atom. The molecule has 0 atom stereocenters. The lowest BCUT2D eigenvalue weighted by Crippen LogP contribution is -2.47. The number of nitrogens with one attached hydrogen (secondary N) is 1. The first-order chi connectivity index (χ1) is 18.7. The van der Waals surface area contributed by atoms with Gasteiger partial charge in [-0.1, -0.05) is 17.3 Å². The quantitative estimate of drug-likeness (QED) is 0.229. The Morgan fingerprint density at radius 3 is 2.41 bits per heavy atom. The SMILES string of the molecule is C/C(=N\O)c1ccc(NC(=O)CCN2CCN(c3cc4c(cc3F)c(=O)c(C(=O)O)cn4C3CC3)CC2)cc1. The lowest BCUT2D eigenvalue weighted by molar-refractivity contribution is -0.116. The number of oxime groups is 1. The number of aromatic nitrogens is 1. The molecule has 10 nitrogen and oxygen atoms in total. The van der Waals surface area contributed by atoms with Crippen LogP contribution in [-0.4, -0.2) is 70.1 Å². The Kier molecular flexibility index (Phi) is 7.34. The molecule has 11 heteroatoms. The maximum atomic E-state index is 15.2. The molecular weight excluding hydrogens is 505 g/mol. The van der Waals surface area contributed by atoms with Crippen molar-refractivity contribution in [2.45, 2.75) is 32.2 Å². The van der Waals surface area contributed by atoms with E-state index in [1.54, 1.807) is 41.8 Å². The zero-order valence-corrected chi connectivity index (χ0v) is 21.6. The minimum atomic E-state index is -1.31. The minimum absolute atomic E-state index is 0.0824. The molecule has 2 heterocycles. The van der Waals surface area contributed by atoms with Crippen molar-refractivity contribution >= 4 is 39.9 Å². The summed E-state index contributed by atoms with van der Waals surface area (Å²) in [5.74, 6) is -1.98. The second kappa shape index (κ2) is 10.9. The van der Waals surface area contributed by atoms with Crippen LogP contribution in [0.1, 0.15) is 48.1 Å². The number of carbonyl (C=O) groups is 2. The zero-order chi connectivity index (χ0) is 27.7. The van der Waals surface area contributed by atoms with Crippen molar-refractivity contribution in [3.05, 3.63) is 69.8 Å². The van der Waals surface area contributed by atoms with E-state index in [4.69, 9.17) is 5.21 Å². The molecule has 1 amide bonds. The summed E-state index contributed by atoms with van der Waals surface area (Å²) in [5, 5.41) is 24.4. The number of carbonyl (C=O) groups excluding carboxylic acids is 1. The average molecular weight is 536 g/mol. The van der Waals surface area contributed by atoms with Crippen LogP contribution >= 0.6 is 0 Å². The van der Waals surface area contributed by atoms with Gasteiger partial charge in [-0.25, -0.2) is 9.18 Å². The van der Waals surface area contributed by atoms with Gasteiger partial charge in [0, 0.05) is 62.5 Å². The topological polar surface area (TPSA) is 127 Å². The number of halogens is 1. The van der Waals surface area contributed by atoms with E-state index in [0.717, 1.165) is 18.4 Å². The molecule has 0 bridgehead atoms. The second-order valence-corrected chi connectivity index (χ2v) is 10.0. The lowest BCUT2D eigenvalue weighted by Gasteiger charge is -2.36. The summed E-state index contributed by atoms with van der Waals surface area (Å²) in [6, 6.07) is 9.99. The maximum absolute atomic E-state index is 15.2. The van der Waals surface area contributed by atoms with Gasteiger partial charge in [-0.2, -0.15) is 0 Å². The fourth-order valence-corrected chi connectivity index (χ4v) is 4.96. The fourth-order valence-electron chi connectivity index (χ4n) is 4.96. The molecule has 39 heavy (non-hydrogen) atoms. The Hall–Kier alpha value is -4.25. The van der Waals surface area contributed by atoms with Gasteiger partial charge in [0.05, 0.1) is 16.9 Å². The molecule has 1 aliphatic carbocycles. The molecule has 1 saturated heterocycles. The Morgan fingerprint density at radius 1 is 1.10 bits per heavy atom. The highest BCUT2D eigenvalue weighted by Crippen LogP contribution is 2.38. The number of rotatable bonds is 8. The van der Waals surface area contributed by atoms with Crippen LogP contribution < -0.4 is 15.6 Å². The molecule has 2 fully saturated rings. The molecule has 5 rings (SSSR count). The smallest absolute Gasteiger partial charge is 0.341 e. The number of nitrogens with zero attached hydrogens (tertiary/aromatic N) is 4. The third-order valence-electron chi connectivity index (χ3n) is 7.38. The fraction of sp³-hybridized carbons (Fsp3) is 0.357.